The van der Waals surface area contributed by atoms with Crippen LogP contribution < -0.4 is 0 Å². The second-order valence-corrected chi connectivity index (χ2v) is 4.17. The second kappa shape index (κ2) is 3.41. The molecule has 2 rings (SSSR count). The standard InChI is InChI=1S/C9H14O6/c1-9(2)14-6-5(4(11)3-10)13-8(12)7(6)15-9/h4-7,10-11H,3H2,1-2H3/t4-,5+,6-,7-/m0/s1. The van der Waals surface area contributed by atoms with E-state index in [4.69, 9.17) is 19.3 Å². The number of cyclic esters (lactones) is 1. The van der Waals surface area contributed by atoms with Crippen LogP contribution in [0.3, 0.4) is 0 Å². The summed E-state index contributed by atoms with van der Waals surface area (Å²) in [5.41, 5.74) is 0. The molecule has 0 radical (unpaired) electrons. The lowest BCUT2D eigenvalue weighted by Crippen LogP contribution is -2.40. The molecule has 15 heavy (non-hydrogen) atoms. The van der Waals surface area contributed by atoms with E-state index in [0.29, 0.717) is 0 Å². The summed E-state index contributed by atoms with van der Waals surface area (Å²) in [5.74, 6) is -1.41. The highest BCUT2D eigenvalue weighted by atomic mass is 16.8. The fourth-order valence-electron chi connectivity index (χ4n) is 1.88. The van der Waals surface area contributed by atoms with Crippen LogP contribution >= 0.6 is 0 Å². The molecule has 0 aromatic heterocycles. The molecule has 2 heterocycles. The molecule has 0 unspecified atom stereocenters. The molecule has 4 atom stereocenters. The summed E-state index contributed by atoms with van der Waals surface area (Å²) in [4.78, 5) is 11.4. The molecule has 2 saturated heterocycles. The van der Waals surface area contributed by atoms with Crippen molar-refractivity contribution in [3.05, 3.63) is 0 Å². The van der Waals surface area contributed by atoms with Gasteiger partial charge in [0.1, 0.15) is 12.2 Å². The zero-order valence-electron chi connectivity index (χ0n) is 8.54. The van der Waals surface area contributed by atoms with Crippen LogP contribution in [0.2, 0.25) is 0 Å². The van der Waals surface area contributed by atoms with Gasteiger partial charge in [-0.3, -0.25) is 0 Å². The minimum Gasteiger partial charge on any atom is -0.455 e. The van der Waals surface area contributed by atoms with E-state index in [1.54, 1.807) is 13.8 Å². The van der Waals surface area contributed by atoms with Gasteiger partial charge in [0, 0.05) is 0 Å². The number of fused-ring (bicyclic) bond motifs is 1. The maximum absolute atomic E-state index is 11.4. The number of rotatable bonds is 2. The van der Waals surface area contributed by atoms with Gasteiger partial charge >= 0.3 is 5.97 Å². The lowest BCUT2D eigenvalue weighted by atomic mass is 10.1. The Morgan fingerprint density at radius 1 is 1.47 bits per heavy atom. The lowest BCUT2D eigenvalue weighted by Gasteiger charge is -2.23. The predicted octanol–water partition coefficient (Wildman–Crippen LogP) is -1.21. The maximum Gasteiger partial charge on any atom is 0.338 e. The normalized spacial score (nSPS) is 40.0. The molecule has 86 valence electrons. The summed E-state index contributed by atoms with van der Waals surface area (Å²) in [6, 6.07) is 0. The highest BCUT2D eigenvalue weighted by Gasteiger charge is 2.57. The largest absolute Gasteiger partial charge is 0.455 e. The molecule has 2 N–H and O–H groups in total. The van der Waals surface area contributed by atoms with Crippen molar-refractivity contribution in [1.29, 1.82) is 0 Å². The van der Waals surface area contributed by atoms with E-state index in [2.05, 4.69) is 0 Å². The van der Waals surface area contributed by atoms with Crippen molar-refractivity contribution in [2.75, 3.05) is 6.61 Å². The third-order valence-electron chi connectivity index (χ3n) is 2.50. The monoisotopic (exact) mass is 218 g/mol. The highest BCUT2D eigenvalue weighted by molar-refractivity contribution is 5.78. The molecule has 0 aliphatic carbocycles. The van der Waals surface area contributed by atoms with Crippen LogP contribution in [0.25, 0.3) is 0 Å². The van der Waals surface area contributed by atoms with Crippen molar-refractivity contribution in [2.45, 2.75) is 44.1 Å². The predicted molar refractivity (Wildman–Crippen MR) is 46.8 cm³/mol. The van der Waals surface area contributed by atoms with Gasteiger partial charge in [0.15, 0.2) is 18.0 Å². The van der Waals surface area contributed by atoms with Gasteiger partial charge in [-0.2, -0.15) is 0 Å². The lowest BCUT2D eigenvalue weighted by molar-refractivity contribution is -0.195. The van der Waals surface area contributed by atoms with Crippen molar-refractivity contribution >= 4 is 5.97 Å². The number of esters is 1. The molecule has 0 bridgehead atoms. The molecule has 0 saturated carbocycles. The Labute approximate surface area is 86.7 Å². The van der Waals surface area contributed by atoms with E-state index in [1.165, 1.54) is 0 Å². The van der Waals surface area contributed by atoms with Crippen LogP contribution in [0.15, 0.2) is 0 Å². The number of aliphatic hydroxyl groups is 2. The molecule has 2 fully saturated rings. The summed E-state index contributed by atoms with van der Waals surface area (Å²) in [5, 5.41) is 18.2. The molecule has 0 spiro atoms. The molecule has 6 nitrogen and oxygen atoms in total. The number of carbonyl (C=O) groups is 1. The number of hydrogen-bond acceptors (Lipinski definition) is 6. The van der Waals surface area contributed by atoms with Crippen LogP contribution in [-0.4, -0.2) is 53.0 Å². The number of aliphatic hydroxyl groups excluding tert-OH is 2. The van der Waals surface area contributed by atoms with Gasteiger partial charge in [0.05, 0.1) is 6.61 Å². The van der Waals surface area contributed by atoms with Crippen LogP contribution in [0, 0.1) is 0 Å². The number of ether oxygens (including phenoxy) is 3. The van der Waals surface area contributed by atoms with E-state index in [-0.39, 0.29) is 0 Å². The fourth-order valence-corrected chi connectivity index (χ4v) is 1.88. The molecule has 6 heteroatoms. The van der Waals surface area contributed by atoms with Crippen molar-refractivity contribution in [2.24, 2.45) is 0 Å². The maximum atomic E-state index is 11.4. The molecule has 2 aliphatic rings. The molecule has 0 aromatic rings. The highest BCUT2D eigenvalue weighted by Crippen LogP contribution is 2.36. The second-order valence-electron chi connectivity index (χ2n) is 4.17. The van der Waals surface area contributed by atoms with Gasteiger partial charge < -0.3 is 24.4 Å². The average molecular weight is 218 g/mol. The Bertz CT molecular complexity index is 276. The van der Waals surface area contributed by atoms with Gasteiger partial charge in [-0.25, -0.2) is 4.79 Å². The van der Waals surface area contributed by atoms with Crippen molar-refractivity contribution in [3.8, 4) is 0 Å². The Morgan fingerprint density at radius 2 is 2.13 bits per heavy atom. The van der Waals surface area contributed by atoms with Crippen LogP contribution in [0.1, 0.15) is 13.8 Å². The SMILES string of the molecule is CC1(C)O[C@H]2[C@@H]([C@@H](O)CO)OC(=O)[C@H]2O1. The first-order valence-corrected chi connectivity index (χ1v) is 4.79. The van der Waals surface area contributed by atoms with Crippen molar-refractivity contribution in [3.63, 3.8) is 0 Å². The molecular formula is C9H14O6. The van der Waals surface area contributed by atoms with Gasteiger partial charge in [0.2, 0.25) is 0 Å². The Kier molecular flexibility index (Phi) is 2.46. The first-order chi connectivity index (χ1) is 6.94. The van der Waals surface area contributed by atoms with E-state index in [0.717, 1.165) is 0 Å². The quantitative estimate of drug-likeness (QED) is 0.565. The Balaban J connectivity index is 2.16. The van der Waals surface area contributed by atoms with Gasteiger partial charge in [-0.05, 0) is 13.8 Å². The van der Waals surface area contributed by atoms with Crippen LogP contribution in [0.5, 0.6) is 0 Å². The van der Waals surface area contributed by atoms with Crippen LogP contribution in [-0.2, 0) is 19.0 Å². The topological polar surface area (TPSA) is 85.2 Å². The van der Waals surface area contributed by atoms with Gasteiger partial charge in [-0.1, -0.05) is 0 Å². The summed E-state index contributed by atoms with van der Waals surface area (Å²) in [6.07, 6.45) is -3.43. The molecule has 0 amide bonds. The van der Waals surface area contributed by atoms with Gasteiger partial charge in [-0.15, -0.1) is 0 Å². The third-order valence-corrected chi connectivity index (χ3v) is 2.50. The van der Waals surface area contributed by atoms with Crippen molar-refractivity contribution < 1.29 is 29.2 Å². The molecule has 2 aliphatic heterocycles. The summed E-state index contributed by atoms with van der Waals surface area (Å²) in [6.45, 7) is 2.88. The van der Waals surface area contributed by atoms with E-state index < -0.39 is 42.8 Å². The minimum absolute atomic E-state index is 0.481. The smallest absolute Gasteiger partial charge is 0.338 e. The first kappa shape index (κ1) is 10.8. The van der Waals surface area contributed by atoms with E-state index >= 15 is 0 Å². The number of carbonyl (C=O) groups excluding carboxylic acids is 1. The summed E-state index contributed by atoms with van der Waals surface area (Å²) >= 11 is 0. The van der Waals surface area contributed by atoms with Gasteiger partial charge in [0.25, 0.3) is 0 Å². The van der Waals surface area contributed by atoms with Crippen molar-refractivity contribution in [1.82, 2.24) is 0 Å². The zero-order chi connectivity index (χ0) is 11.2. The summed E-state index contributed by atoms with van der Waals surface area (Å²) in [7, 11) is 0. The first-order valence-electron chi connectivity index (χ1n) is 4.79. The Morgan fingerprint density at radius 3 is 2.73 bits per heavy atom. The minimum atomic E-state index is -1.14. The van der Waals surface area contributed by atoms with E-state index in [9.17, 15) is 9.90 Å². The fraction of sp³-hybridized carbons (Fsp3) is 0.889. The summed E-state index contributed by atoms with van der Waals surface area (Å²) < 4.78 is 15.6. The molecule has 0 aromatic carbocycles. The zero-order valence-corrected chi connectivity index (χ0v) is 8.54. The van der Waals surface area contributed by atoms with Crippen LogP contribution in [0.4, 0.5) is 0 Å². The number of hydrogen-bond donors (Lipinski definition) is 2. The Hall–Kier alpha value is -0.690. The average Bonchev–Trinajstić information content (AvgIpc) is 2.61. The third kappa shape index (κ3) is 1.74. The van der Waals surface area contributed by atoms with E-state index in [1.807, 2.05) is 0 Å². The molecular weight excluding hydrogens is 204 g/mol.